The summed E-state index contributed by atoms with van der Waals surface area (Å²) in [5, 5.41) is 0. The highest BCUT2D eigenvalue weighted by atomic mass is 35.5. The number of nitrogens with one attached hydrogen (secondary N) is 1. The molecule has 16 heavy (non-hydrogen) atoms. The number of nitrogens with two attached hydrogens (primary N) is 1. The molecule has 1 saturated carbocycles. The molecule has 0 saturated heterocycles. The molecular weight excluding hydrogens is 228 g/mol. The molecule has 1 aliphatic carbocycles. The van der Waals surface area contributed by atoms with Crippen LogP contribution in [0.2, 0.25) is 0 Å². The van der Waals surface area contributed by atoms with Crippen molar-refractivity contribution in [2.24, 2.45) is 11.3 Å². The Morgan fingerprint density at radius 1 is 1.44 bits per heavy atom. The third kappa shape index (κ3) is 3.34. The Kier molecular flexibility index (Phi) is 6.95. The average Bonchev–Trinajstić information content (AvgIpc) is 2.29. The Morgan fingerprint density at radius 2 is 2.00 bits per heavy atom. The van der Waals surface area contributed by atoms with Crippen molar-refractivity contribution in [1.82, 2.24) is 5.43 Å². The molecule has 0 aromatic rings. The molecule has 0 aromatic carbocycles. The van der Waals surface area contributed by atoms with Gasteiger partial charge in [0.2, 0.25) is 0 Å². The highest BCUT2D eigenvalue weighted by molar-refractivity contribution is 5.85. The number of rotatable bonds is 4. The van der Waals surface area contributed by atoms with Gasteiger partial charge in [-0.2, -0.15) is 0 Å². The second-order valence-electron chi connectivity index (χ2n) is 4.30. The lowest BCUT2D eigenvalue weighted by Crippen LogP contribution is -2.44. The fourth-order valence-corrected chi connectivity index (χ4v) is 2.32. The summed E-state index contributed by atoms with van der Waals surface area (Å²) in [6, 6.07) is 0.360. The lowest BCUT2D eigenvalue weighted by Gasteiger charge is -2.37. The van der Waals surface area contributed by atoms with E-state index in [1.54, 1.807) is 0 Å². The first-order valence-corrected chi connectivity index (χ1v) is 5.82. The van der Waals surface area contributed by atoms with Crippen molar-refractivity contribution >= 4 is 18.4 Å². The van der Waals surface area contributed by atoms with E-state index in [0.29, 0.717) is 12.6 Å². The van der Waals surface area contributed by atoms with E-state index in [1.807, 2.05) is 6.92 Å². The van der Waals surface area contributed by atoms with Crippen molar-refractivity contribution in [1.29, 1.82) is 0 Å². The van der Waals surface area contributed by atoms with Crippen LogP contribution in [-0.4, -0.2) is 18.6 Å². The molecule has 0 aliphatic heterocycles. The normalized spacial score (nSPS) is 29.3. The quantitative estimate of drug-likeness (QED) is 0.454. The number of esters is 1. The topological polar surface area (TPSA) is 64.3 Å². The Labute approximate surface area is 104 Å². The average molecular weight is 251 g/mol. The summed E-state index contributed by atoms with van der Waals surface area (Å²) < 4.78 is 5.15. The molecule has 0 aromatic heterocycles. The van der Waals surface area contributed by atoms with E-state index in [1.165, 1.54) is 0 Å². The maximum absolute atomic E-state index is 11.9. The fourth-order valence-electron chi connectivity index (χ4n) is 2.32. The van der Waals surface area contributed by atoms with Gasteiger partial charge >= 0.3 is 5.97 Å². The van der Waals surface area contributed by atoms with Gasteiger partial charge in [0.25, 0.3) is 0 Å². The minimum atomic E-state index is -0.247. The smallest absolute Gasteiger partial charge is 0.312 e. The van der Waals surface area contributed by atoms with Gasteiger partial charge in [-0.05, 0) is 39.0 Å². The summed E-state index contributed by atoms with van der Waals surface area (Å²) in [4.78, 5) is 11.9. The summed E-state index contributed by atoms with van der Waals surface area (Å²) in [6.07, 6.45) is 4.56. The third-order valence-corrected chi connectivity index (χ3v) is 3.56. The molecule has 0 heterocycles. The van der Waals surface area contributed by atoms with Crippen LogP contribution in [0.4, 0.5) is 0 Å². The molecule has 0 unspecified atom stereocenters. The fraction of sp³-hybridized carbons (Fsp3) is 0.909. The molecule has 3 N–H and O–H groups in total. The monoisotopic (exact) mass is 250 g/mol. The van der Waals surface area contributed by atoms with E-state index < -0.39 is 0 Å². The van der Waals surface area contributed by atoms with Gasteiger partial charge in [-0.25, -0.2) is 0 Å². The Balaban J connectivity index is 0.00000225. The van der Waals surface area contributed by atoms with E-state index in [4.69, 9.17) is 10.6 Å². The summed E-state index contributed by atoms with van der Waals surface area (Å²) in [6.45, 7) is 4.39. The molecule has 0 atom stereocenters. The minimum absolute atomic E-state index is 0. The molecule has 0 amide bonds. The highest BCUT2D eigenvalue weighted by Gasteiger charge is 2.41. The zero-order valence-electron chi connectivity index (χ0n) is 10.1. The van der Waals surface area contributed by atoms with Crippen molar-refractivity contribution in [3.8, 4) is 0 Å². The zero-order chi connectivity index (χ0) is 11.3. The minimum Gasteiger partial charge on any atom is -0.466 e. The largest absolute Gasteiger partial charge is 0.466 e. The molecule has 0 radical (unpaired) electrons. The Hall–Kier alpha value is -0.320. The van der Waals surface area contributed by atoms with Gasteiger partial charge in [0.1, 0.15) is 0 Å². The van der Waals surface area contributed by atoms with Crippen LogP contribution in [0.15, 0.2) is 0 Å². The molecule has 96 valence electrons. The van der Waals surface area contributed by atoms with Crippen LogP contribution in [0.5, 0.6) is 0 Å². The first kappa shape index (κ1) is 15.7. The first-order chi connectivity index (χ1) is 7.18. The van der Waals surface area contributed by atoms with Crippen molar-refractivity contribution in [2.45, 2.75) is 52.0 Å². The van der Waals surface area contributed by atoms with Crippen LogP contribution in [0.1, 0.15) is 46.0 Å². The lowest BCUT2D eigenvalue weighted by molar-refractivity contribution is -0.158. The summed E-state index contributed by atoms with van der Waals surface area (Å²) in [5.74, 6) is 5.38. The van der Waals surface area contributed by atoms with Crippen molar-refractivity contribution < 1.29 is 9.53 Å². The maximum atomic E-state index is 11.9. The second kappa shape index (κ2) is 7.09. The molecular formula is C11H23ClN2O2. The maximum Gasteiger partial charge on any atom is 0.312 e. The standard InChI is InChI=1S/C11H22N2O2.ClH/c1-3-11(10(14)15-4-2)7-5-9(13-12)6-8-11;/h9,13H,3-8,12H2,1-2H3;1H. The van der Waals surface area contributed by atoms with Crippen LogP contribution in [0.25, 0.3) is 0 Å². The van der Waals surface area contributed by atoms with E-state index in [2.05, 4.69) is 12.3 Å². The van der Waals surface area contributed by atoms with Gasteiger partial charge < -0.3 is 4.74 Å². The molecule has 0 spiro atoms. The van der Waals surface area contributed by atoms with Gasteiger partial charge in [-0.1, -0.05) is 6.92 Å². The van der Waals surface area contributed by atoms with Crippen LogP contribution in [0, 0.1) is 5.41 Å². The van der Waals surface area contributed by atoms with E-state index in [9.17, 15) is 4.79 Å². The van der Waals surface area contributed by atoms with E-state index >= 15 is 0 Å². The number of carbonyl (C=O) groups is 1. The number of hydrogen-bond donors (Lipinski definition) is 2. The summed E-state index contributed by atoms with van der Waals surface area (Å²) in [5.41, 5.74) is 2.54. The molecule has 1 fully saturated rings. The second-order valence-corrected chi connectivity index (χ2v) is 4.30. The number of hydrogen-bond acceptors (Lipinski definition) is 4. The molecule has 0 bridgehead atoms. The first-order valence-electron chi connectivity index (χ1n) is 5.82. The molecule has 5 heteroatoms. The van der Waals surface area contributed by atoms with E-state index in [-0.39, 0.29) is 23.8 Å². The Morgan fingerprint density at radius 3 is 2.38 bits per heavy atom. The lowest BCUT2D eigenvalue weighted by atomic mass is 9.71. The van der Waals surface area contributed by atoms with Gasteiger partial charge in [-0.15, -0.1) is 12.4 Å². The van der Waals surface area contributed by atoms with Crippen LogP contribution in [0.3, 0.4) is 0 Å². The predicted octanol–water partition coefficient (Wildman–Crippen LogP) is 1.77. The Bertz CT molecular complexity index is 216. The number of halogens is 1. The number of hydrazine groups is 1. The predicted molar refractivity (Wildman–Crippen MR) is 66.2 cm³/mol. The summed E-state index contributed by atoms with van der Waals surface area (Å²) >= 11 is 0. The van der Waals surface area contributed by atoms with Gasteiger partial charge in [0.05, 0.1) is 12.0 Å². The number of ether oxygens (including phenoxy) is 1. The highest BCUT2D eigenvalue weighted by Crippen LogP contribution is 2.40. The van der Waals surface area contributed by atoms with E-state index in [0.717, 1.165) is 32.1 Å². The van der Waals surface area contributed by atoms with Crippen molar-refractivity contribution in [3.05, 3.63) is 0 Å². The third-order valence-electron chi connectivity index (χ3n) is 3.56. The van der Waals surface area contributed by atoms with Gasteiger partial charge in [0, 0.05) is 6.04 Å². The van der Waals surface area contributed by atoms with Crippen molar-refractivity contribution in [3.63, 3.8) is 0 Å². The van der Waals surface area contributed by atoms with Crippen LogP contribution >= 0.6 is 12.4 Å². The van der Waals surface area contributed by atoms with Gasteiger partial charge in [0.15, 0.2) is 0 Å². The molecule has 4 nitrogen and oxygen atoms in total. The van der Waals surface area contributed by atoms with Crippen LogP contribution in [-0.2, 0) is 9.53 Å². The molecule has 1 aliphatic rings. The molecule has 1 rings (SSSR count). The SMILES string of the molecule is CCOC(=O)C1(CC)CCC(NN)CC1.Cl. The van der Waals surface area contributed by atoms with Crippen molar-refractivity contribution in [2.75, 3.05) is 6.61 Å². The number of carbonyl (C=O) groups excluding carboxylic acids is 1. The zero-order valence-corrected chi connectivity index (χ0v) is 10.9. The summed E-state index contributed by atoms with van der Waals surface area (Å²) in [7, 11) is 0. The van der Waals surface area contributed by atoms with Gasteiger partial charge in [-0.3, -0.25) is 16.1 Å². The van der Waals surface area contributed by atoms with Crippen LogP contribution < -0.4 is 11.3 Å².